The highest BCUT2D eigenvalue weighted by Gasteiger charge is 2.51. The number of hydrogen-bond acceptors (Lipinski definition) is 6. The van der Waals surface area contributed by atoms with E-state index >= 15 is 0 Å². The Morgan fingerprint density at radius 2 is 2.08 bits per heavy atom. The molecule has 2 aromatic rings. The highest BCUT2D eigenvalue weighted by atomic mass is 16.2. The fraction of sp³-hybridized carbons (Fsp3) is 0.471. The minimum absolute atomic E-state index is 0.0633. The van der Waals surface area contributed by atoms with Gasteiger partial charge in [-0.25, -0.2) is 19.7 Å². The van der Waals surface area contributed by atoms with Crippen LogP contribution in [0.5, 0.6) is 0 Å². The Labute approximate surface area is 145 Å². The summed E-state index contributed by atoms with van der Waals surface area (Å²) in [6, 6.07) is 1.57. The van der Waals surface area contributed by atoms with Crippen LogP contribution in [0, 0.1) is 0 Å². The molecule has 2 N–H and O–H groups in total. The van der Waals surface area contributed by atoms with Crippen molar-refractivity contribution in [1.29, 1.82) is 0 Å². The molecule has 25 heavy (non-hydrogen) atoms. The number of hydrogen-bond donors (Lipinski definition) is 2. The number of carbonyl (C=O) groups is 2. The van der Waals surface area contributed by atoms with Gasteiger partial charge in [0.1, 0.15) is 17.7 Å². The first-order valence-corrected chi connectivity index (χ1v) is 8.62. The number of nitrogens with one attached hydrogen (secondary N) is 2. The van der Waals surface area contributed by atoms with E-state index < -0.39 is 5.54 Å². The number of imide groups is 1. The number of carbonyl (C=O) groups excluding carboxylic acids is 2. The van der Waals surface area contributed by atoms with E-state index in [0.29, 0.717) is 25.3 Å². The molecule has 1 aliphatic carbocycles. The molecule has 1 aliphatic heterocycles. The number of pyridine rings is 1. The molecule has 130 valence electrons. The Morgan fingerprint density at radius 3 is 2.92 bits per heavy atom. The minimum Gasteiger partial charge on any atom is -0.369 e. The second kappa shape index (κ2) is 6.27. The topological polar surface area (TPSA) is 100 Å². The first kappa shape index (κ1) is 15.7. The van der Waals surface area contributed by atoms with E-state index in [0.717, 1.165) is 36.6 Å². The lowest BCUT2D eigenvalue weighted by molar-refractivity contribution is -0.131. The zero-order chi connectivity index (χ0) is 17.3. The Morgan fingerprint density at radius 1 is 1.24 bits per heavy atom. The van der Waals surface area contributed by atoms with Crippen LogP contribution in [0.1, 0.15) is 32.1 Å². The van der Waals surface area contributed by atoms with Crippen LogP contribution in [-0.4, -0.2) is 50.4 Å². The smallest absolute Gasteiger partial charge is 0.325 e. The number of nitrogens with zero attached hydrogens (tertiary/aromatic N) is 4. The number of rotatable bonds is 5. The molecule has 0 bridgehead atoms. The van der Waals surface area contributed by atoms with Gasteiger partial charge >= 0.3 is 6.03 Å². The van der Waals surface area contributed by atoms with Gasteiger partial charge in [0.05, 0.1) is 10.9 Å². The number of fused-ring (bicyclic) bond motifs is 1. The third-order valence-electron chi connectivity index (χ3n) is 4.99. The van der Waals surface area contributed by atoms with E-state index in [1.165, 1.54) is 11.2 Å². The van der Waals surface area contributed by atoms with E-state index in [2.05, 4.69) is 25.6 Å². The molecule has 0 unspecified atom stereocenters. The summed E-state index contributed by atoms with van der Waals surface area (Å²) in [5.41, 5.74) is 0.198. The minimum atomic E-state index is -0.626. The summed E-state index contributed by atoms with van der Waals surface area (Å²) >= 11 is 0. The summed E-state index contributed by atoms with van der Waals surface area (Å²) in [6.07, 6.45) is 9.08. The third kappa shape index (κ3) is 2.77. The number of aromatic nitrogens is 3. The highest BCUT2D eigenvalue weighted by molar-refractivity contribution is 6.07. The maximum Gasteiger partial charge on any atom is 0.325 e. The first-order chi connectivity index (χ1) is 12.2. The van der Waals surface area contributed by atoms with Crippen molar-refractivity contribution < 1.29 is 9.59 Å². The fourth-order valence-electron chi connectivity index (χ4n) is 3.69. The molecule has 1 saturated carbocycles. The van der Waals surface area contributed by atoms with Crippen LogP contribution in [-0.2, 0) is 4.79 Å². The molecule has 1 spiro atoms. The van der Waals surface area contributed by atoms with Crippen molar-refractivity contribution in [3.8, 4) is 0 Å². The molecule has 4 rings (SSSR count). The van der Waals surface area contributed by atoms with Gasteiger partial charge in [0.15, 0.2) is 0 Å². The number of amides is 3. The monoisotopic (exact) mass is 340 g/mol. The molecule has 1 saturated heterocycles. The summed E-state index contributed by atoms with van der Waals surface area (Å²) in [7, 11) is 0. The van der Waals surface area contributed by atoms with Crippen molar-refractivity contribution in [3.63, 3.8) is 0 Å². The van der Waals surface area contributed by atoms with Crippen LogP contribution < -0.4 is 10.6 Å². The average molecular weight is 340 g/mol. The van der Waals surface area contributed by atoms with Crippen molar-refractivity contribution in [2.24, 2.45) is 0 Å². The van der Waals surface area contributed by atoms with Gasteiger partial charge < -0.3 is 10.6 Å². The Balaban J connectivity index is 1.35. The molecule has 2 fully saturated rings. The van der Waals surface area contributed by atoms with Crippen LogP contribution in [0.25, 0.3) is 10.9 Å². The summed E-state index contributed by atoms with van der Waals surface area (Å²) in [6.45, 7) is 1.01. The van der Waals surface area contributed by atoms with Crippen molar-refractivity contribution in [3.05, 3.63) is 24.8 Å². The Hall–Kier alpha value is -2.77. The number of anilines is 1. The van der Waals surface area contributed by atoms with Gasteiger partial charge in [-0.3, -0.25) is 9.69 Å². The van der Waals surface area contributed by atoms with Gasteiger partial charge in [0.2, 0.25) is 0 Å². The standard InChI is InChI=1S/C17H20N6O2/c24-15-17(5-1-2-6-17)22-16(25)23(15)9-3-7-19-14-12-10-18-11-21-13(12)4-8-20-14/h4,8,10-11H,1-3,5-7,9H2,(H,19,20)(H,22,25). The Kier molecular flexibility index (Phi) is 3.95. The van der Waals surface area contributed by atoms with E-state index in [1.54, 1.807) is 12.4 Å². The van der Waals surface area contributed by atoms with Gasteiger partial charge in [-0.1, -0.05) is 12.8 Å². The predicted octanol–water partition coefficient (Wildman–Crippen LogP) is 1.69. The first-order valence-electron chi connectivity index (χ1n) is 8.62. The zero-order valence-electron chi connectivity index (χ0n) is 13.9. The quantitative estimate of drug-likeness (QED) is 0.635. The van der Waals surface area contributed by atoms with E-state index in [4.69, 9.17) is 0 Å². The van der Waals surface area contributed by atoms with Gasteiger partial charge in [0.25, 0.3) is 5.91 Å². The van der Waals surface area contributed by atoms with Crippen molar-refractivity contribution in [2.45, 2.75) is 37.6 Å². The largest absolute Gasteiger partial charge is 0.369 e. The highest BCUT2D eigenvalue weighted by Crippen LogP contribution is 2.35. The lowest BCUT2D eigenvalue weighted by atomic mass is 9.98. The molecule has 8 heteroatoms. The SMILES string of the molecule is O=C1NC2(CCCC2)C(=O)N1CCCNc1nccc2ncncc12. The van der Waals surface area contributed by atoms with Crippen molar-refractivity contribution in [1.82, 2.24) is 25.2 Å². The van der Waals surface area contributed by atoms with E-state index in [9.17, 15) is 9.59 Å². The second-order valence-corrected chi connectivity index (χ2v) is 6.57. The van der Waals surface area contributed by atoms with Crippen LogP contribution in [0.3, 0.4) is 0 Å². The maximum absolute atomic E-state index is 12.6. The molecule has 0 atom stereocenters. The summed E-state index contributed by atoms with van der Waals surface area (Å²) < 4.78 is 0. The molecule has 8 nitrogen and oxygen atoms in total. The van der Waals surface area contributed by atoms with Crippen molar-refractivity contribution in [2.75, 3.05) is 18.4 Å². The predicted molar refractivity (Wildman–Crippen MR) is 91.9 cm³/mol. The summed E-state index contributed by atoms with van der Waals surface area (Å²) in [4.78, 5) is 38.6. The van der Waals surface area contributed by atoms with Crippen LogP contribution >= 0.6 is 0 Å². The second-order valence-electron chi connectivity index (χ2n) is 6.57. The third-order valence-corrected chi connectivity index (χ3v) is 4.99. The van der Waals surface area contributed by atoms with E-state index in [-0.39, 0.29) is 11.9 Å². The van der Waals surface area contributed by atoms with Crippen LogP contribution in [0.15, 0.2) is 24.8 Å². The summed E-state index contributed by atoms with van der Waals surface area (Å²) in [5.74, 6) is 0.647. The van der Waals surface area contributed by atoms with Crippen LogP contribution in [0.4, 0.5) is 10.6 Å². The van der Waals surface area contributed by atoms with Gasteiger partial charge in [0, 0.05) is 25.5 Å². The summed E-state index contributed by atoms with van der Waals surface area (Å²) in [5, 5.41) is 6.99. The molecule has 0 radical (unpaired) electrons. The lowest BCUT2D eigenvalue weighted by Crippen LogP contribution is -2.44. The molecule has 2 aliphatic rings. The maximum atomic E-state index is 12.6. The van der Waals surface area contributed by atoms with Gasteiger partial charge in [-0.2, -0.15) is 0 Å². The van der Waals surface area contributed by atoms with Gasteiger partial charge in [-0.05, 0) is 25.3 Å². The van der Waals surface area contributed by atoms with E-state index in [1.807, 2.05) is 6.07 Å². The molecule has 2 aromatic heterocycles. The lowest BCUT2D eigenvalue weighted by Gasteiger charge is -2.20. The van der Waals surface area contributed by atoms with Crippen molar-refractivity contribution >= 4 is 28.7 Å². The fourth-order valence-corrected chi connectivity index (χ4v) is 3.69. The normalized spacial score (nSPS) is 19.0. The van der Waals surface area contributed by atoms with Gasteiger partial charge in [-0.15, -0.1) is 0 Å². The number of urea groups is 1. The molecular formula is C17H20N6O2. The zero-order valence-corrected chi connectivity index (χ0v) is 13.9. The Bertz CT molecular complexity index is 812. The average Bonchev–Trinajstić information content (AvgIpc) is 3.19. The molecule has 0 aromatic carbocycles. The molecule has 3 amide bonds. The van der Waals surface area contributed by atoms with Crippen LogP contribution in [0.2, 0.25) is 0 Å². The molecular weight excluding hydrogens is 320 g/mol. The molecule has 3 heterocycles.